The molecule has 0 fully saturated rings. The number of aromatic nitrogens is 2. The van der Waals surface area contributed by atoms with Crippen molar-refractivity contribution < 1.29 is 0 Å². The van der Waals surface area contributed by atoms with Crippen molar-refractivity contribution in [1.82, 2.24) is 9.13 Å². The number of para-hydroxylation sites is 3. The highest BCUT2D eigenvalue weighted by Crippen LogP contribution is 2.39. The van der Waals surface area contributed by atoms with Gasteiger partial charge in [-0.2, -0.15) is 15.8 Å². The lowest BCUT2D eigenvalue weighted by Crippen LogP contribution is -1.98. The van der Waals surface area contributed by atoms with E-state index in [1.54, 1.807) is 0 Å². The predicted molar refractivity (Wildman–Crippen MR) is 200 cm³/mol. The van der Waals surface area contributed by atoms with E-state index in [9.17, 15) is 15.8 Å². The lowest BCUT2D eigenvalue weighted by Gasteiger charge is -2.16. The first-order valence-electron chi connectivity index (χ1n) is 16.3. The van der Waals surface area contributed by atoms with Crippen LogP contribution in [0, 0.1) is 34.0 Å². The fourth-order valence-corrected chi connectivity index (χ4v) is 7.37. The summed E-state index contributed by atoms with van der Waals surface area (Å²) in [5, 5.41) is 34.1. The Hall–Kier alpha value is -7.39. The Morgan fingerprint density at radius 1 is 0.380 bits per heavy atom. The molecule has 7 aromatic carbocycles. The Labute approximate surface area is 287 Å². The molecule has 0 bridgehead atoms. The molecular weight excluding hydrogens is 611 g/mol. The first-order chi connectivity index (χ1) is 24.7. The average Bonchev–Trinajstić information content (AvgIpc) is 3.70. The van der Waals surface area contributed by atoms with E-state index in [0.29, 0.717) is 16.7 Å². The normalized spacial score (nSPS) is 11.1. The Bertz CT molecular complexity index is 2900. The Kier molecular flexibility index (Phi) is 6.56. The van der Waals surface area contributed by atoms with Crippen molar-refractivity contribution in [2.24, 2.45) is 0 Å². The molecule has 50 heavy (non-hydrogen) atoms. The SMILES string of the molecule is N#Cc1ccc(-n2c3ccccc3c3ccccc32)c(-c2ccc(C#N)c(-c3ccc(-n4c5ccccc5c5cc(C#N)ccc54)cc3)c2)c1. The maximum Gasteiger partial charge on any atom is 0.0998 e. The highest BCUT2D eigenvalue weighted by molar-refractivity contribution is 6.10. The highest BCUT2D eigenvalue weighted by atomic mass is 15.0. The van der Waals surface area contributed by atoms with E-state index < -0.39 is 0 Å². The molecule has 230 valence electrons. The summed E-state index contributed by atoms with van der Waals surface area (Å²) in [6.45, 7) is 0. The van der Waals surface area contributed by atoms with Gasteiger partial charge in [0.05, 0.1) is 62.7 Å². The second-order valence-corrected chi connectivity index (χ2v) is 12.3. The van der Waals surface area contributed by atoms with Gasteiger partial charge in [-0.15, -0.1) is 0 Å². The van der Waals surface area contributed by atoms with Crippen LogP contribution in [0.3, 0.4) is 0 Å². The fourth-order valence-electron chi connectivity index (χ4n) is 7.37. The van der Waals surface area contributed by atoms with E-state index in [4.69, 9.17) is 0 Å². The van der Waals surface area contributed by atoms with Crippen LogP contribution in [-0.4, -0.2) is 9.13 Å². The molecule has 0 radical (unpaired) electrons. The number of nitriles is 3. The maximum atomic E-state index is 10.2. The molecule has 0 spiro atoms. The third-order valence-corrected chi connectivity index (χ3v) is 9.64. The number of fused-ring (bicyclic) bond motifs is 6. The minimum Gasteiger partial charge on any atom is -0.309 e. The first-order valence-corrected chi connectivity index (χ1v) is 16.3. The summed E-state index contributed by atoms with van der Waals surface area (Å²) in [6, 6.07) is 57.7. The number of benzene rings is 7. The largest absolute Gasteiger partial charge is 0.309 e. The Morgan fingerprint density at radius 2 is 0.920 bits per heavy atom. The molecule has 9 rings (SSSR count). The van der Waals surface area contributed by atoms with Gasteiger partial charge in [-0.05, 0) is 90.0 Å². The molecule has 2 heterocycles. The lowest BCUT2D eigenvalue weighted by atomic mass is 9.93. The zero-order chi connectivity index (χ0) is 33.8. The zero-order valence-corrected chi connectivity index (χ0v) is 26.7. The van der Waals surface area contributed by atoms with Crippen molar-refractivity contribution in [2.75, 3.05) is 0 Å². The van der Waals surface area contributed by atoms with Crippen molar-refractivity contribution >= 4 is 43.6 Å². The molecule has 5 heteroatoms. The van der Waals surface area contributed by atoms with Crippen LogP contribution in [0.25, 0.3) is 77.2 Å². The molecule has 0 aliphatic heterocycles. The van der Waals surface area contributed by atoms with Gasteiger partial charge in [-0.25, -0.2) is 0 Å². The number of hydrogen-bond acceptors (Lipinski definition) is 3. The van der Waals surface area contributed by atoms with Crippen molar-refractivity contribution in [3.8, 4) is 51.8 Å². The maximum absolute atomic E-state index is 10.2. The van der Waals surface area contributed by atoms with E-state index in [0.717, 1.165) is 77.2 Å². The van der Waals surface area contributed by atoms with Crippen LogP contribution >= 0.6 is 0 Å². The van der Waals surface area contributed by atoms with Gasteiger partial charge in [0.1, 0.15) is 0 Å². The molecule has 0 aliphatic rings. The van der Waals surface area contributed by atoms with Gasteiger partial charge in [0.25, 0.3) is 0 Å². The third-order valence-electron chi connectivity index (χ3n) is 9.64. The van der Waals surface area contributed by atoms with Crippen LogP contribution < -0.4 is 0 Å². The summed E-state index contributed by atoms with van der Waals surface area (Å²) in [7, 11) is 0. The van der Waals surface area contributed by atoms with Crippen molar-refractivity contribution in [3.05, 3.63) is 168 Å². The van der Waals surface area contributed by atoms with Gasteiger partial charge in [-0.3, -0.25) is 0 Å². The van der Waals surface area contributed by atoms with Crippen LogP contribution in [-0.2, 0) is 0 Å². The smallest absolute Gasteiger partial charge is 0.0998 e. The van der Waals surface area contributed by atoms with E-state index >= 15 is 0 Å². The van der Waals surface area contributed by atoms with Gasteiger partial charge in [0.2, 0.25) is 0 Å². The Morgan fingerprint density at radius 3 is 1.56 bits per heavy atom. The summed E-state index contributed by atoms with van der Waals surface area (Å²) in [5.41, 5.74) is 11.5. The zero-order valence-electron chi connectivity index (χ0n) is 26.7. The van der Waals surface area contributed by atoms with E-state index in [-0.39, 0.29) is 0 Å². The van der Waals surface area contributed by atoms with E-state index in [1.807, 2.05) is 72.8 Å². The van der Waals surface area contributed by atoms with Crippen molar-refractivity contribution in [2.45, 2.75) is 0 Å². The van der Waals surface area contributed by atoms with Gasteiger partial charge in [0.15, 0.2) is 0 Å². The Balaban J connectivity index is 1.20. The molecule has 9 aromatic rings. The minimum absolute atomic E-state index is 0.563. The molecule has 5 nitrogen and oxygen atoms in total. The molecule has 0 N–H and O–H groups in total. The number of nitrogens with zero attached hydrogens (tertiary/aromatic N) is 5. The number of rotatable bonds is 4. The second kappa shape index (κ2) is 11.4. The van der Waals surface area contributed by atoms with Crippen molar-refractivity contribution in [1.29, 1.82) is 15.8 Å². The van der Waals surface area contributed by atoms with Crippen LogP contribution in [0.15, 0.2) is 152 Å². The molecular formula is C45H25N5. The average molecular weight is 636 g/mol. The summed E-state index contributed by atoms with van der Waals surface area (Å²) >= 11 is 0. The molecule has 0 saturated heterocycles. The van der Waals surface area contributed by atoms with Gasteiger partial charge >= 0.3 is 0 Å². The van der Waals surface area contributed by atoms with Crippen molar-refractivity contribution in [3.63, 3.8) is 0 Å². The third kappa shape index (κ3) is 4.38. The topological polar surface area (TPSA) is 81.2 Å². The molecule has 2 aromatic heterocycles. The predicted octanol–water partition coefficient (Wildman–Crippen LogP) is 10.8. The summed E-state index contributed by atoms with van der Waals surface area (Å²) < 4.78 is 4.47. The number of hydrogen-bond donors (Lipinski definition) is 0. The van der Waals surface area contributed by atoms with Crippen LogP contribution in [0.5, 0.6) is 0 Å². The van der Waals surface area contributed by atoms with Crippen LogP contribution in [0.2, 0.25) is 0 Å². The quantitative estimate of drug-likeness (QED) is 0.193. The summed E-state index contributed by atoms with van der Waals surface area (Å²) in [5.74, 6) is 0. The lowest BCUT2D eigenvalue weighted by molar-refractivity contribution is 1.18. The van der Waals surface area contributed by atoms with Gasteiger partial charge < -0.3 is 9.13 Å². The van der Waals surface area contributed by atoms with Gasteiger partial charge in [0, 0.05) is 38.4 Å². The molecule has 0 amide bonds. The minimum atomic E-state index is 0.563. The van der Waals surface area contributed by atoms with Crippen LogP contribution in [0.4, 0.5) is 0 Å². The molecule has 0 aliphatic carbocycles. The highest BCUT2D eigenvalue weighted by Gasteiger charge is 2.18. The van der Waals surface area contributed by atoms with E-state index in [1.165, 1.54) is 0 Å². The monoisotopic (exact) mass is 635 g/mol. The summed E-state index contributed by atoms with van der Waals surface area (Å²) in [4.78, 5) is 0. The molecule has 0 atom stereocenters. The fraction of sp³-hybridized carbons (Fsp3) is 0. The van der Waals surface area contributed by atoms with E-state index in [2.05, 4.69) is 106 Å². The standard InChI is InChI=1S/C45H25N5/c46-26-29-13-21-44(50-42-11-5-1-7-35(42)36-8-2-6-12-43(36)50)39(23-29)32-15-16-33(28-48)38(25-32)31-17-19-34(20-18-31)49-41-10-4-3-9-37(41)40-24-30(27-47)14-22-45(40)49/h1-25H. The van der Waals surface area contributed by atoms with Gasteiger partial charge in [-0.1, -0.05) is 72.8 Å². The molecule has 0 unspecified atom stereocenters. The second-order valence-electron chi connectivity index (χ2n) is 12.3. The molecule has 0 saturated carbocycles. The first kappa shape index (κ1) is 28.8. The summed E-state index contributed by atoms with van der Waals surface area (Å²) in [6.07, 6.45) is 0. The van der Waals surface area contributed by atoms with Crippen LogP contribution in [0.1, 0.15) is 16.7 Å².